The fourth-order valence-corrected chi connectivity index (χ4v) is 4.52. The van der Waals surface area contributed by atoms with E-state index in [-0.39, 0.29) is 18.2 Å². The first-order valence-corrected chi connectivity index (χ1v) is 11.0. The molecule has 1 atom stereocenters. The highest BCUT2D eigenvalue weighted by molar-refractivity contribution is 5.97. The molecule has 1 aliphatic rings. The number of rotatable bonds is 6. The molecule has 34 heavy (non-hydrogen) atoms. The number of hydrogen-bond acceptors (Lipinski definition) is 5. The van der Waals surface area contributed by atoms with Crippen LogP contribution < -0.4 is 19.5 Å². The van der Waals surface area contributed by atoms with E-state index in [2.05, 4.69) is 5.32 Å². The van der Waals surface area contributed by atoms with E-state index in [9.17, 15) is 4.79 Å². The van der Waals surface area contributed by atoms with Crippen LogP contribution in [0.15, 0.2) is 72.8 Å². The van der Waals surface area contributed by atoms with Crippen molar-refractivity contribution in [2.24, 2.45) is 0 Å². The summed E-state index contributed by atoms with van der Waals surface area (Å²) in [5.74, 6) is 2.28. The average Bonchev–Trinajstić information content (AvgIpc) is 3.27. The second-order valence-corrected chi connectivity index (χ2v) is 7.97. The molecule has 5 rings (SSSR count). The summed E-state index contributed by atoms with van der Waals surface area (Å²) in [6.07, 6.45) is 0.269. The van der Waals surface area contributed by atoms with E-state index in [1.807, 2.05) is 72.8 Å². The quantitative estimate of drug-likeness (QED) is 0.441. The minimum absolute atomic E-state index is 0.0864. The maximum atomic E-state index is 12.9. The second-order valence-electron chi connectivity index (χ2n) is 7.97. The molecule has 7 heteroatoms. The molecule has 0 fully saturated rings. The Bertz CT molecular complexity index is 1330. The van der Waals surface area contributed by atoms with Gasteiger partial charge in [0.15, 0.2) is 11.5 Å². The van der Waals surface area contributed by atoms with Crippen LogP contribution in [0.1, 0.15) is 23.5 Å². The van der Waals surface area contributed by atoms with Crippen molar-refractivity contribution in [1.29, 1.82) is 0 Å². The van der Waals surface area contributed by atoms with Crippen molar-refractivity contribution in [3.63, 3.8) is 0 Å². The minimum atomic E-state index is -0.268. The lowest BCUT2D eigenvalue weighted by molar-refractivity contribution is -0.116. The molecule has 2 heterocycles. The van der Waals surface area contributed by atoms with Crippen LogP contribution in [0.3, 0.4) is 0 Å². The van der Waals surface area contributed by atoms with Gasteiger partial charge >= 0.3 is 0 Å². The fourth-order valence-electron chi connectivity index (χ4n) is 4.52. The highest BCUT2D eigenvalue weighted by Crippen LogP contribution is 2.48. The van der Waals surface area contributed by atoms with Crippen LogP contribution in [0.25, 0.3) is 16.9 Å². The Kier molecular flexibility index (Phi) is 5.67. The average molecular weight is 456 g/mol. The summed E-state index contributed by atoms with van der Waals surface area (Å²) in [6.45, 7) is 0. The molecule has 3 aromatic carbocycles. The zero-order valence-electron chi connectivity index (χ0n) is 19.2. The maximum Gasteiger partial charge on any atom is 0.226 e. The normalized spacial score (nSPS) is 14.8. The summed E-state index contributed by atoms with van der Waals surface area (Å²) in [5.41, 5.74) is 4.41. The lowest BCUT2D eigenvalue weighted by Gasteiger charge is -2.26. The first-order chi connectivity index (χ1) is 16.6. The summed E-state index contributed by atoms with van der Waals surface area (Å²) >= 11 is 0. The molecule has 4 aromatic rings. The van der Waals surface area contributed by atoms with E-state index in [0.29, 0.717) is 17.3 Å². The first kappa shape index (κ1) is 21.6. The van der Waals surface area contributed by atoms with Crippen LogP contribution >= 0.6 is 0 Å². The van der Waals surface area contributed by atoms with Gasteiger partial charge in [-0.05, 0) is 30.3 Å². The minimum Gasteiger partial charge on any atom is -0.497 e. The van der Waals surface area contributed by atoms with Crippen molar-refractivity contribution in [3.05, 3.63) is 83.9 Å². The van der Waals surface area contributed by atoms with Gasteiger partial charge in [0, 0.05) is 29.0 Å². The number of carbonyl (C=O) groups is 1. The number of fused-ring (bicyclic) bond motifs is 1. The Morgan fingerprint density at radius 1 is 0.882 bits per heavy atom. The fraction of sp³-hybridized carbons (Fsp3) is 0.185. The molecule has 1 aromatic heterocycles. The van der Waals surface area contributed by atoms with Gasteiger partial charge in [-0.1, -0.05) is 42.5 Å². The van der Waals surface area contributed by atoms with E-state index in [1.54, 1.807) is 26.0 Å². The molecule has 0 bridgehead atoms. The van der Waals surface area contributed by atoms with E-state index < -0.39 is 0 Å². The van der Waals surface area contributed by atoms with Gasteiger partial charge in [0.2, 0.25) is 5.91 Å². The van der Waals surface area contributed by atoms with Gasteiger partial charge < -0.3 is 19.5 Å². The van der Waals surface area contributed by atoms with Crippen molar-refractivity contribution >= 4 is 11.7 Å². The summed E-state index contributed by atoms with van der Waals surface area (Å²) in [5, 5.41) is 8.05. The third-order valence-electron chi connectivity index (χ3n) is 6.09. The van der Waals surface area contributed by atoms with E-state index in [4.69, 9.17) is 19.3 Å². The van der Waals surface area contributed by atoms with Gasteiger partial charge in [-0.25, -0.2) is 4.68 Å². The van der Waals surface area contributed by atoms with Crippen molar-refractivity contribution in [3.8, 4) is 34.2 Å². The number of benzene rings is 3. The van der Waals surface area contributed by atoms with Crippen molar-refractivity contribution in [2.45, 2.75) is 12.3 Å². The standard InChI is InChI=1S/C27H25N3O4/c1-32-19-14-12-18(13-15-19)30-27-24(25(29-30)17-8-5-4-6-9-17)21(16-23(31)28-27)20-10-7-11-22(33-2)26(20)34-3/h4-15,21H,16H2,1-3H3,(H,28,31)/t21-/m1/s1. The molecule has 0 spiro atoms. The number of anilines is 1. The lowest BCUT2D eigenvalue weighted by atomic mass is 9.83. The molecular weight excluding hydrogens is 430 g/mol. The van der Waals surface area contributed by atoms with Gasteiger partial charge in [0.05, 0.1) is 32.7 Å². The largest absolute Gasteiger partial charge is 0.497 e. The Morgan fingerprint density at radius 2 is 1.65 bits per heavy atom. The van der Waals surface area contributed by atoms with Gasteiger partial charge in [0.25, 0.3) is 0 Å². The Morgan fingerprint density at radius 3 is 2.32 bits per heavy atom. The number of carbonyl (C=O) groups excluding carboxylic acids is 1. The molecule has 1 N–H and O–H groups in total. The van der Waals surface area contributed by atoms with Gasteiger partial charge in [-0.3, -0.25) is 4.79 Å². The smallest absolute Gasteiger partial charge is 0.226 e. The lowest BCUT2D eigenvalue weighted by Crippen LogP contribution is -2.25. The first-order valence-electron chi connectivity index (χ1n) is 11.0. The molecular formula is C27H25N3O4. The zero-order valence-corrected chi connectivity index (χ0v) is 19.2. The van der Waals surface area contributed by atoms with Crippen LogP contribution in [-0.4, -0.2) is 37.0 Å². The molecule has 0 aliphatic carbocycles. The number of nitrogens with one attached hydrogen (secondary N) is 1. The highest BCUT2D eigenvalue weighted by atomic mass is 16.5. The number of aromatic nitrogens is 2. The molecule has 0 saturated heterocycles. The number of hydrogen-bond donors (Lipinski definition) is 1. The van der Waals surface area contributed by atoms with Crippen LogP contribution in [0.4, 0.5) is 5.82 Å². The SMILES string of the molecule is COc1ccc(-n2nc(-c3ccccc3)c3c2NC(=O)C[C@@H]3c2cccc(OC)c2OC)cc1. The third-order valence-corrected chi connectivity index (χ3v) is 6.09. The van der Waals surface area contributed by atoms with Gasteiger partial charge in [0.1, 0.15) is 11.6 Å². The third kappa shape index (κ3) is 3.65. The Balaban J connectivity index is 1.77. The van der Waals surface area contributed by atoms with E-state index >= 15 is 0 Å². The topological polar surface area (TPSA) is 74.6 Å². The molecule has 0 unspecified atom stereocenters. The molecule has 7 nitrogen and oxygen atoms in total. The van der Waals surface area contributed by atoms with Crippen LogP contribution in [-0.2, 0) is 4.79 Å². The molecule has 1 amide bonds. The summed E-state index contributed by atoms with van der Waals surface area (Å²) < 4.78 is 18.4. The zero-order chi connectivity index (χ0) is 23.7. The molecule has 1 aliphatic heterocycles. The Labute approximate surface area is 197 Å². The van der Waals surface area contributed by atoms with E-state index in [0.717, 1.165) is 33.8 Å². The number of methoxy groups -OCH3 is 3. The number of nitrogens with zero attached hydrogens (tertiary/aromatic N) is 2. The van der Waals surface area contributed by atoms with Crippen molar-refractivity contribution < 1.29 is 19.0 Å². The number of ether oxygens (including phenoxy) is 3. The van der Waals surface area contributed by atoms with Gasteiger partial charge in [-0.2, -0.15) is 5.10 Å². The van der Waals surface area contributed by atoms with Gasteiger partial charge in [-0.15, -0.1) is 0 Å². The monoisotopic (exact) mass is 455 g/mol. The van der Waals surface area contributed by atoms with Crippen LogP contribution in [0, 0.1) is 0 Å². The summed E-state index contributed by atoms with van der Waals surface area (Å²) in [6, 6.07) is 23.3. The molecule has 0 radical (unpaired) electrons. The molecule has 172 valence electrons. The highest BCUT2D eigenvalue weighted by Gasteiger charge is 2.36. The maximum absolute atomic E-state index is 12.9. The second kappa shape index (κ2) is 8.94. The molecule has 0 saturated carbocycles. The van der Waals surface area contributed by atoms with Crippen molar-refractivity contribution in [1.82, 2.24) is 9.78 Å². The van der Waals surface area contributed by atoms with E-state index in [1.165, 1.54) is 0 Å². The van der Waals surface area contributed by atoms with Crippen molar-refractivity contribution in [2.75, 3.05) is 26.6 Å². The number of para-hydroxylation sites is 1. The number of amides is 1. The predicted molar refractivity (Wildman–Crippen MR) is 130 cm³/mol. The van der Waals surface area contributed by atoms with Crippen LogP contribution in [0.5, 0.6) is 17.2 Å². The predicted octanol–water partition coefficient (Wildman–Crippen LogP) is 5.04. The summed E-state index contributed by atoms with van der Waals surface area (Å²) in [4.78, 5) is 12.9. The Hall–Kier alpha value is -4.26. The van der Waals surface area contributed by atoms with Crippen LogP contribution in [0.2, 0.25) is 0 Å². The summed E-state index contributed by atoms with van der Waals surface area (Å²) in [7, 11) is 4.85.